The minimum atomic E-state index is -0.676. The van der Waals surface area contributed by atoms with Crippen LogP contribution in [0, 0.1) is 0 Å². The van der Waals surface area contributed by atoms with Gasteiger partial charge in [-0.15, -0.1) is 24.8 Å². The number of piperazine rings is 1. The van der Waals surface area contributed by atoms with Crippen molar-refractivity contribution in [3.8, 4) is 11.5 Å². The Bertz CT molecular complexity index is 916. The summed E-state index contributed by atoms with van der Waals surface area (Å²) in [6.45, 7) is 5.47. The van der Waals surface area contributed by atoms with Gasteiger partial charge in [0.25, 0.3) is 0 Å². The number of methoxy groups -OCH3 is 1. The second-order valence-corrected chi connectivity index (χ2v) is 10.0. The molecule has 1 unspecified atom stereocenters. The lowest BCUT2D eigenvalue weighted by molar-refractivity contribution is -0.0337. The van der Waals surface area contributed by atoms with Crippen LogP contribution in [0.5, 0.6) is 11.5 Å². The maximum atomic E-state index is 11.7. The molecule has 2 aromatic carbocycles. The highest BCUT2D eigenvalue weighted by Crippen LogP contribution is 2.42. The van der Waals surface area contributed by atoms with Gasteiger partial charge < -0.3 is 24.4 Å². The summed E-state index contributed by atoms with van der Waals surface area (Å²) in [7, 11) is 3.84. The molecule has 0 radical (unpaired) electrons. The third kappa shape index (κ3) is 7.64. The van der Waals surface area contributed by atoms with Crippen molar-refractivity contribution in [3.63, 3.8) is 0 Å². The Labute approximate surface area is 227 Å². The molecule has 1 saturated carbocycles. The highest BCUT2D eigenvalue weighted by atomic mass is 35.5. The monoisotopic (exact) mass is 544 g/mol. The molecule has 2 fully saturated rings. The Morgan fingerprint density at radius 2 is 1.66 bits per heavy atom. The molecular formula is C27H39Cl3N2O3. The summed E-state index contributed by atoms with van der Waals surface area (Å²) in [6, 6.07) is 13.9. The molecule has 1 N–H and O–H groups in total. The summed E-state index contributed by atoms with van der Waals surface area (Å²) < 4.78 is 11.5. The first kappa shape index (κ1) is 30.0. The zero-order valence-corrected chi connectivity index (χ0v) is 23.1. The fourth-order valence-corrected chi connectivity index (χ4v) is 5.46. The topological polar surface area (TPSA) is 45.2 Å². The van der Waals surface area contributed by atoms with Gasteiger partial charge >= 0.3 is 0 Å². The van der Waals surface area contributed by atoms with Gasteiger partial charge in [-0.3, -0.25) is 0 Å². The quantitative estimate of drug-likeness (QED) is 0.454. The zero-order valence-electron chi connectivity index (χ0n) is 20.7. The second-order valence-electron chi connectivity index (χ2n) is 9.61. The van der Waals surface area contributed by atoms with Crippen molar-refractivity contribution in [1.82, 2.24) is 9.80 Å². The van der Waals surface area contributed by atoms with Crippen LogP contribution in [0.2, 0.25) is 5.02 Å². The van der Waals surface area contributed by atoms with Gasteiger partial charge in [-0.1, -0.05) is 55.1 Å². The van der Waals surface area contributed by atoms with Gasteiger partial charge in [-0.2, -0.15) is 0 Å². The molecule has 5 nitrogen and oxygen atoms in total. The first-order chi connectivity index (χ1) is 16.0. The van der Waals surface area contributed by atoms with Gasteiger partial charge in [-0.05, 0) is 43.7 Å². The van der Waals surface area contributed by atoms with Crippen molar-refractivity contribution in [2.24, 2.45) is 0 Å². The zero-order chi connectivity index (χ0) is 23.3. The third-order valence-electron chi connectivity index (χ3n) is 7.34. The summed E-state index contributed by atoms with van der Waals surface area (Å²) in [6.07, 6.45) is 5.09. The Morgan fingerprint density at radius 1 is 0.971 bits per heavy atom. The molecule has 0 bridgehead atoms. The van der Waals surface area contributed by atoms with Gasteiger partial charge in [0.15, 0.2) is 0 Å². The highest BCUT2D eigenvalue weighted by Gasteiger charge is 2.40. The van der Waals surface area contributed by atoms with E-state index in [9.17, 15) is 5.11 Å². The first-order valence-corrected chi connectivity index (χ1v) is 12.5. The molecule has 1 aliphatic heterocycles. The summed E-state index contributed by atoms with van der Waals surface area (Å²) in [4.78, 5) is 4.86. The van der Waals surface area contributed by atoms with Crippen LogP contribution in [0.3, 0.4) is 0 Å². The van der Waals surface area contributed by atoms with Crippen molar-refractivity contribution in [3.05, 3.63) is 58.6 Å². The van der Waals surface area contributed by atoms with Gasteiger partial charge in [0, 0.05) is 44.2 Å². The van der Waals surface area contributed by atoms with E-state index in [1.54, 1.807) is 7.11 Å². The molecule has 35 heavy (non-hydrogen) atoms. The smallest absolute Gasteiger partial charge is 0.138 e. The molecule has 8 heteroatoms. The highest BCUT2D eigenvalue weighted by molar-refractivity contribution is 6.32. The predicted molar refractivity (Wildman–Crippen MR) is 148 cm³/mol. The number of hydrogen-bond donors (Lipinski definition) is 1. The van der Waals surface area contributed by atoms with Gasteiger partial charge in [-0.25, -0.2) is 0 Å². The van der Waals surface area contributed by atoms with Crippen molar-refractivity contribution in [2.75, 3.05) is 46.9 Å². The SMILES string of the molecule is COc1ccccc1COc1ccc(C(CN2CCN(C)CC2)C2(O)CCCCC2)cc1Cl.Cl.Cl. The number of benzene rings is 2. The van der Waals surface area contributed by atoms with Crippen LogP contribution in [0.4, 0.5) is 0 Å². The number of ether oxygens (including phenoxy) is 2. The van der Waals surface area contributed by atoms with Gasteiger partial charge in [0.2, 0.25) is 0 Å². The molecule has 1 aliphatic carbocycles. The molecule has 2 aromatic rings. The number of hydrogen-bond acceptors (Lipinski definition) is 5. The van der Waals surface area contributed by atoms with Crippen LogP contribution in [0.15, 0.2) is 42.5 Å². The summed E-state index contributed by atoms with van der Waals surface area (Å²) in [5.41, 5.74) is 1.41. The predicted octanol–water partition coefficient (Wildman–Crippen LogP) is 5.80. The fourth-order valence-electron chi connectivity index (χ4n) is 5.22. The molecule has 1 saturated heterocycles. The van der Waals surface area contributed by atoms with Crippen molar-refractivity contribution in [1.29, 1.82) is 0 Å². The van der Waals surface area contributed by atoms with Crippen LogP contribution in [-0.4, -0.2) is 67.4 Å². The second kappa shape index (κ2) is 13.9. The maximum absolute atomic E-state index is 11.7. The molecule has 1 atom stereocenters. The average Bonchev–Trinajstić information content (AvgIpc) is 2.83. The number of aliphatic hydroxyl groups is 1. The van der Waals surface area contributed by atoms with E-state index in [0.29, 0.717) is 17.4 Å². The Balaban J connectivity index is 0.00000216. The lowest BCUT2D eigenvalue weighted by Crippen LogP contribution is -2.50. The largest absolute Gasteiger partial charge is 0.496 e. The van der Waals surface area contributed by atoms with E-state index in [1.165, 1.54) is 6.42 Å². The summed E-state index contributed by atoms with van der Waals surface area (Å²) in [5, 5.41) is 12.3. The van der Waals surface area contributed by atoms with Crippen LogP contribution >= 0.6 is 36.4 Å². The number of rotatable bonds is 8. The van der Waals surface area contributed by atoms with Crippen LogP contribution in [-0.2, 0) is 6.61 Å². The lowest BCUT2D eigenvalue weighted by Gasteiger charge is -2.43. The number of nitrogens with zero attached hydrogens (tertiary/aromatic N) is 2. The van der Waals surface area contributed by atoms with E-state index >= 15 is 0 Å². The molecule has 2 aliphatic rings. The first-order valence-electron chi connectivity index (χ1n) is 12.2. The van der Waals surface area contributed by atoms with E-state index in [2.05, 4.69) is 22.9 Å². The minimum Gasteiger partial charge on any atom is -0.496 e. The third-order valence-corrected chi connectivity index (χ3v) is 7.63. The summed E-state index contributed by atoms with van der Waals surface area (Å²) in [5.74, 6) is 1.50. The molecule has 1 heterocycles. The van der Waals surface area contributed by atoms with E-state index in [1.807, 2.05) is 36.4 Å². The van der Waals surface area contributed by atoms with Crippen LogP contribution < -0.4 is 9.47 Å². The van der Waals surface area contributed by atoms with Gasteiger partial charge in [0.05, 0.1) is 17.7 Å². The molecule has 196 valence electrons. The maximum Gasteiger partial charge on any atom is 0.138 e. The molecule has 4 rings (SSSR count). The van der Waals surface area contributed by atoms with Crippen molar-refractivity contribution < 1.29 is 14.6 Å². The van der Waals surface area contributed by atoms with E-state index in [4.69, 9.17) is 21.1 Å². The van der Waals surface area contributed by atoms with E-state index in [-0.39, 0.29) is 30.7 Å². The Hall–Kier alpha value is -1.21. The van der Waals surface area contributed by atoms with Crippen LogP contribution in [0.1, 0.15) is 49.1 Å². The van der Waals surface area contributed by atoms with Crippen LogP contribution in [0.25, 0.3) is 0 Å². The average molecular weight is 546 g/mol. The molecule has 0 amide bonds. The number of likely N-dealkylation sites (N-methyl/N-ethyl adjacent to an activating group) is 1. The Morgan fingerprint density at radius 3 is 2.31 bits per heavy atom. The lowest BCUT2D eigenvalue weighted by atomic mass is 9.72. The fraction of sp³-hybridized carbons (Fsp3) is 0.556. The normalized spacial score (nSPS) is 19.2. The molecule has 0 spiro atoms. The van der Waals surface area contributed by atoms with Crippen molar-refractivity contribution >= 4 is 36.4 Å². The van der Waals surface area contributed by atoms with Gasteiger partial charge in [0.1, 0.15) is 18.1 Å². The van der Waals surface area contributed by atoms with E-state index < -0.39 is 5.60 Å². The number of para-hydroxylation sites is 1. The standard InChI is InChI=1S/C27H37ClN2O3.2ClH/c1-29-14-16-30(17-15-29)19-23(27(31)12-6-3-7-13-27)21-10-11-26(24(28)18-21)33-20-22-8-4-5-9-25(22)32-2;;/h4-5,8-11,18,23,31H,3,6-7,12-17,19-20H2,1-2H3;2*1H. The van der Waals surface area contributed by atoms with E-state index in [0.717, 1.165) is 75.3 Å². The molecular weight excluding hydrogens is 507 g/mol. The number of halogens is 3. The Kier molecular flexibility index (Phi) is 11.9. The molecule has 0 aromatic heterocycles. The van der Waals surface area contributed by atoms with Crippen molar-refractivity contribution in [2.45, 2.75) is 50.2 Å². The summed E-state index contributed by atoms with van der Waals surface area (Å²) >= 11 is 6.70. The minimum absolute atomic E-state index is 0.